The molecular formula is C12H21NO2S. The van der Waals surface area contributed by atoms with Crippen molar-refractivity contribution < 1.29 is 8.42 Å². The average Bonchev–Trinajstić information content (AvgIpc) is 2.64. The molecule has 0 heterocycles. The molecule has 1 rings (SSSR count). The maximum Gasteiger partial charge on any atom is 0.151 e. The Balaban J connectivity index is 2.63. The molecule has 1 N–H and O–H groups in total. The van der Waals surface area contributed by atoms with Gasteiger partial charge in [0.05, 0.1) is 11.3 Å². The van der Waals surface area contributed by atoms with Gasteiger partial charge in [0.15, 0.2) is 9.84 Å². The molecule has 1 fully saturated rings. The van der Waals surface area contributed by atoms with E-state index in [4.69, 9.17) is 6.42 Å². The van der Waals surface area contributed by atoms with Gasteiger partial charge in [-0.15, -0.1) is 6.42 Å². The summed E-state index contributed by atoms with van der Waals surface area (Å²) in [5, 5.41) is 3.06. The highest BCUT2D eigenvalue weighted by atomic mass is 32.2. The number of hydrogen-bond donors (Lipinski definition) is 1. The number of hydrogen-bond acceptors (Lipinski definition) is 3. The molecule has 0 saturated heterocycles. The van der Waals surface area contributed by atoms with E-state index in [0.717, 1.165) is 32.1 Å². The maximum atomic E-state index is 11.6. The lowest BCUT2D eigenvalue weighted by molar-refractivity contribution is 0.459. The Hall–Kier alpha value is -0.530. The number of nitrogens with one attached hydrogen (secondary N) is 1. The van der Waals surface area contributed by atoms with Crippen molar-refractivity contribution in [1.82, 2.24) is 5.32 Å². The Labute approximate surface area is 98.9 Å². The van der Waals surface area contributed by atoms with E-state index in [2.05, 4.69) is 18.2 Å². The first-order valence-electron chi connectivity index (χ1n) is 5.90. The molecule has 0 bridgehead atoms. The summed E-state index contributed by atoms with van der Waals surface area (Å²) >= 11 is 0. The Morgan fingerprint density at radius 2 is 2.19 bits per heavy atom. The van der Waals surface area contributed by atoms with E-state index in [0.29, 0.717) is 0 Å². The molecule has 92 valence electrons. The third-order valence-corrected chi connectivity index (χ3v) is 4.86. The van der Waals surface area contributed by atoms with Gasteiger partial charge < -0.3 is 0 Å². The molecule has 3 atom stereocenters. The minimum Gasteiger partial charge on any atom is -0.300 e. The summed E-state index contributed by atoms with van der Waals surface area (Å²) in [6.45, 7) is 2.08. The van der Waals surface area contributed by atoms with E-state index >= 15 is 0 Å². The molecule has 1 saturated carbocycles. The highest BCUT2D eigenvalue weighted by Gasteiger charge is 2.35. The summed E-state index contributed by atoms with van der Waals surface area (Å²) in [6.07, 6.45) is 11.3. The molecule has 0 aliphatic heterocycles. The fourth-order valence-electron chi connectivity index (χ4n) is 2.39. The van der Waals surface area contributed by atoms with E-state index in [9.17, 15) is 8.42 Å². The van der Waals surface area contributed by atoms with E-state index in [1.165, 1.54) is 6.26 Å². The second-order valence-electron chi connectivity index (χ2n) is 4.58. The number of terminal acetylenes is 1. The maximum absolute atomic E-state index is 11.6. The zero-order valence-electron chi connectivity index (χ0n) is 10.1. The molecule has 0 aromatic carbocycles. The van der Waals surface area contributed by atoms with Crippen LogP contribution >= 0.6 is 0 Å². The van der Waals surface area contributed by atoms with Crippen LogP contribution in [0.2, 0.25) is 0 Å². The van der Waals surface area contributed by atoms with Gasteiger partial charge >= 0.3 is 0 Å². The highest BCUT2D eigenvalue weighted by Crippen LogP contribution is 2.25. The fourth-order valence-corrected chi connectivity index (χ4v) is 3.80. The summed E-state index contributed by atoms with van der Waals surface area (Å²) in [6, 6.07) is 0.0555. The molecule has 1 aliphatic carbocycles. The van der Waals surface area contributed by atoms with Crippen LogP contribution in [0.5, 0.6) is 0 Å². The second kappa shape index (κ2) is 5.70. The predicted molar refractivity (Wildman–Crippen MR) is 66.9 cm³/mol. The van der Waals surface area contributed by atoms with Crippen molar-refractivity contribution >= 4 is 9.84 Å². The summed E-state index contributed by atoms with van der Waals surface area (Å²) < 4.78 is 23.2. The molecule has 4 heteroatoms. The van der Waals surface area contributed by atoms with Crippen molar-refractivity contribution in [2.24, 2.45) is 0 Å². The van der Waals surface area contributed by atoms with Crippen LogP contribution in [0.3, 0.4) is 0 Å². The fraction of sp³-hybridized carbons (Fsp3) is 0.833. The van der Waals surface area contributed by atoms with E-state index < -0.39 is 9.84 Å². The monoisotopic (exact) mass is 243 g/mol. The normalized spacial score (nSPS) is 27.6. The van der Waals surface area contributed by atoms with Crippen LogP contribution < -0.4 is 5.32 Å². The second-order valence-corrected chi connectivity index (χ2v) is 6.84. The van der Waals surface area contributed by atoms with Crippen molar-refractivity contribution in [2.75, 3.05) is 6.26 Å². The van der Waals surface area contributed by atoms with Crippen LogP contribution in [0.1, 0.15) is 39.0 Å². The molecule has 3 nitrogen and oxygen atoms in total. The zero-order valence-corrected chi connectivity index (χ0v) is 10.9. The molecule has 0 spiro atoms. The summed E-state index contributed by atoms with van der Waals surface area (Å²) in [4.78, 5) is 0. The Kier molecular flexibility index (Phi) is 4.82. The Morgan fingerprint density at radius 3 is 2.69 bits per heavy atom. The summed E-state index contributed by atoms with van der Waals surface area (Å²) in [5.41, 5.74) is 0. The first kappa shape index (κ1) is 13.5. The van der Waals surface area contributed by atoms with E-state index in [1.807, 2.05) is 0 Å². The van der Waals surface area contributed by atoms with Crippen molar-refractivity contribution in [3.63, 3.8) is 0 Å². The van der Waals surface area contributed by atoms with Crippen LogP contribution in [-0.2, 0) is 9.84 Å². The van der Waals surface area contributed by atoms with Gasteiger partial charge in [0, 0.05) is 12.3 Å². The van der Waals surface area contributed by atoms with Crippen molar-refractivity contribution in [1.29, 1.82) is 0 Å². The lowest BCUT2D eigenvalue weighted by Crippen LogP contribution is -2.44. The molecule has 0 radical (unpaired) electrons. The minimum absolute atomic E-state index is 0.0114. The van der Waals surface area contributed by atoms with Gasteiger partial charge in [-0.05, 0) is 19.3 Å². The molecule has 16 heavy (non-hydrogen) atoms. The van der Waals surface area contributed by atoms with Gasteiger partial charge in [-0.2, -0.15) is 0 Å². The molecule has 3 unspecified atom stereocenters. The Bertz CT molecular complexity index is 356. The van der Waals surface area contributed by atoms with Crippen molar-refractivity contribution in [2.45, 2.75) is 56.4 Å². The van der Waals surface area contributed by atoms with Crippen LogP contribution in [-0.4, -0.2) is 32.0 Å². The van der Waals surface area contributed by atoms with Crippen LogP contribution in [0.25, 0.3) is 0 Å². The van der Waals surface area contributed by atoms with Gasteiger partial charge in [0.1, 0.15) is 0 Å². The Morgan fingerprint density at radius 1 is 1.50 bits per heavy atom. The van der Waals surface area contributed by atoms with Gasteiger partial charge in [-0.25, -0.2) is 8.42 Å². The quantitative estimate of drug-likeness (QED) is 0.741. The van der Waals surface area contributed by atoms with Crippen molar-refractivity contribution in [3.8, 4) is 12.3 Å². The lowest BCUT2D eigenvalue weighted by Gasteiger charge is -2.23. The molecule has 0 aromatic rings. The van der Waals surface area contributed by atoms with Crippen molar-refractivity contribution in [3.05, 3.63) is 0 Å². The smallest absolute Gasteiger partial charge is 0.151 e. The first-order chi connectivity index (χ1) is 7.49. The molecule has 0 amide bonds. The van der Waals surface area contributed by atoms with Gasteiger partial charge in [0.2, 0.25) is 0 Å². The molecule has 1 aliphatic rings. The number of sulfone groups is 1. The van der Waals surface area contributed by atoms with Gasteiger partial charge in [-0.3, -0.25) is 5.32 Å². The third kappa shape index (κ3) is 3.50. The average molecular weight is 243 g/mol. The topological polar surface area (TPSA) is 46.2 Å². The SMILES string of the molecule is C#CC(CCC)NC1CCCC1S(C)(=O)=O. The zero-order chi connectivity index (χ0) is 12.2. The predicted octanol–water partition coefficient (Wildman–Crippen LogP) is 1.34. The molecular weight excluding hydrogens is 222 g/mol. The first-order valence-corrected chi connectivity index (χ1v) is 7.85. The van der Waals surface area contributed by atoms with Crippen LogP contribution in [0, 0.1) is 12.3 Å². The standard InChI is InChI=1S/C12H21NO2S/c1-4-7-10(5-2)13-11-8-6-9-12(11)16(3,14)15/h2,10-13H,4,6-9H2,1,3H3. The summed E-state index contributed by atoms with van der Waals surface area (Å²) in [7, 11) is -2.95. The van der Waals surface area contributed by atoms with Gasteiger partial charge in [-0.1, -0.05) is 25.7 Å². The van der Waals surface area contributed by atoms with Crippen LogP contribution in [0.4, 0.5) is 0 Å². The van der Waals surface area contributed by atoms with E-state index in [-0.39, 0.29) is 17.3 Å². The minimum atomic E-state index is -2.95. The lowest BCUT2D eigenvalue weighted by atomic mass is 10.1. The highest BCUT2D eigenvalue weighted by molar-refractivity contribution is 7.91. The number of rotatable bonds is 5. The molecule has 0 aromatic heterocycles. The third-order valence-electron chi connectivity index (χ3n) is 3.20. The van der Waals surface area contributed by atoms with E-state index in [1.54, 1.807) is 0 Å². The largest absolute Gasteiger partial charge is 0.300 e. The van der Waals surface area contributed by atoms with Crippen LogP contribution in [0.15, 0.2) is 0 Å². The summed E-state index contributed by atoms with van der Waals surface area (Å²) in [5.74, 6) is 2.70. The van der Waals surface area contributed by atoms with Gasteiger partial charge in [0.25, 0.3) is 0 Å².